The second-order valence-electron chi connectivity index (χ2n) is 13.6. The molecule has 0 saturated carbocycles. The van der Waals surface area contributed by atoms with E-state index in [-0.39, 0.29) is 11.9 Å². The van der Waals surface area contributed by atoms with Gasteiger partial charge in [0.25, 0.3) is 0 Å². The first-order valence-electron chi connectivity index (χ1n) is 17.6. The lowest BCUT2D eigenvalue weighted by atomic mass is 9.78. The molecule has 2 aliphatic carbocycles. The predicted octanol–water partition coefficient (Wildman–Crippen LogP) is 9.79. The number of aliphatic hydroxyl groups is 2. The first-order chi connectivity index (χ1) is 22.4. The highest BCUT2D eigenvalue weighted by atomic mass is 16.5. The Bertz CT molecular complexity index is 1090. The molecule has 47 heavy (non-hydrogen) atoms. The zero-order chi connectivity index (χ0) is 35.8. The summed E-state index contributed by atoms with van der Waals surface area (Å²) in [5.41, 5.74) is 8.44. The Labute approximate surface area is 287 Å². The number of methoxy groups -OCH3 is 2. The molecular formula is C41H68O6. The van der Waals surface area contributed by atoms with Crippen LogP contribution in [0.3, 0.4) is 0 Å². The van der Waals surface area contributed by atoms with Gasteiger partial charge in [0.1, 0.15) is 0 Å². The van der Waals surface area contributed by atoms with Crippen LogP contribution in [0.1, 0.15) is 126 Å². The fourth-order valence-electron chi connectivity index (χ4n) is 5.98. The van der Waals surface area contributed by atoms with Crippen molar-refractivity contribution in [2.45, 2.75) is 126 Å². The van der Waals surface area contributed by atoms with Crippen molar-refractivity contribution in [1.29, 1.82) is 0 Å². The van der Waals surface area contributed by atoms with Gasteiger partial charge in [-0.15, -0.1) is 0 Å². The lowest BCUT2D eigenvalue weighted by Gasteiger charge is -2.27. The van der Waals surface area contributed by atoms with Gasteiger partial charge in [-0.1, -0.05) is 76.8 Å². The molecule has 0 amide bonds. The van der Waals surface area contributed by atoms with E-state index in [2.05, 4.69) is 84.9 Å². The van der Waals surface area contributed by atoms with E-state index in [9.17, 15) is 14.7 Å². The number of rotatable bonds is 15. The van der Waals surface area contributed by atoms with E-state index >= 15 is 0 Å². The SMILES string of the molecule is CC(C)=CCC/C(C)=C/CCC1=CC[C@@H](C)[C@@H](CO)C1.CO.COC(=O)[C@H]1CC(CC/C=C(\C)CCC=C(C)C)=CC[C@H]1C(=O)OC. The molecule has 0 spiro atoms. The molecule has 0 aromatic carbocycles. The summed E-state index contributed by atoms with van der Waals surface area (Å²) >= 11 is 0. The van der Waals surface area contributed by atoms with Crippen LogP contribution in [0.25, 0.3) is 0 Å². The molecule has 0 aliphatic heterocycles. The van der Waals surface area contributed by atoms with E-state index in [4.69, 9.17) is 14.6 Å². The molecule has 0 aromatic rings. The van der Waals surface area contributed by atoms with E-state index in [1.807, 2.05) is 0 Å². The molecule has 6 heteroatoms. The predicted molar refractivity (Wildman–Crippen MR) is 197 cm³/mol. The van der Waals surface area contributed by atoms with Crippen LogP contribution in [0, 0.1) is 23.7 Å². The Morgan fingerprint density at radius 1 is 0.702 bits per heavy atom. The van der Waals surface area contributed by atoms with Crippen LogP contribution in [-0.4, -0.2) is 50.1 Å². The van der Waals surface area contributed by atoms with Crippen molar-refractivity contribution in [2.24, 2.45) is 23.7 Å². The minimum atomic E-state index is -0.430. The smallest absolute Gasteiger partial charge is 0.309 e. The number of allylic oxidation sites excluding steroid dienone is 12. The quantitative estimate of drug-likeness (QED) is 0.135. The maximum Gasteiger partial charge on any atom is 0.309 e. The van der Waals surface area contributed by atoms with Crippen molar-refractivity contribution in [3.63, 3.8) is 0 Å². The number of esters is 2. The third-order valence-corrected chi connectivity index (χ3v) is 9.08. The van der Waals surface area contributed by atoms with E-state index < -0.39 is 11.8 Å². The Kier molecular flexibility index (Phi) is 24.8. The Balaban J connectivity index is 0.000000874. The minimum absolute atomic E-state index is 0.325. The monoisotopic (exact) mass is 657 g/mol. The van der Waals surface area contributed by atoms with Crippen molar-refractivity contribution in [2.75, 3.05) is 27.9 Å². The summed E-state index contributed by atoms with van der Waals surface area (Å²) in [6.45, 7) is 15.6. The summed E-state index contributed by atoms with van der Waals surface area (Å²) in [6, 6.07) is 0. The molecule has 0 unspecified atom stereocenters. The highest BCUT2D eigenvalue weighted by Gasteiger charge is 2.37. The average molecular weight is 657 g/mol. The molecule has 0 fully saturated rings. The lowest BCUT2D eigenvalue weighted by Crippen LogP contribution is -2.33. The van der Waals surface area contributed by atoms with Gasteiger partial charge in [-0.25, -0.2) is 0 Å². The average Bonchev–Trinajstić information content (AvgIpc) is 3.05. The van der Waals surface area contributed by atoms with Crippen molar-refractivity contribution >= 4 is 11.9 Å². The molecule has 0 bridgehead atoms. The summed E-state index contributed by atoms with van der Waals surface area (Å²) in [4.78, 5) is 23.9. The standard InChI is InChI=1S/C21H32O4.C19H32O.CH4O/c1-15(2)8-6-9-16(3)10-7-11-17-12-13-18(20(22)24-4)19(14-17)21(23)25-5;1-15(2)7-5-8-16(3)9-6-10-18-12-11-17(4)19(13-18)14-20;1-2/h8,10,12,18-19H,6-7,9,11,13-14H2,1-5H3;7,9,12,17,19-20H,5-6,8,10-11,13-14H2,1-4H3;2H,1H3/b16-10+;16-9+;/t18-,19+;17-,19-;/m11./s1. The molecular weight excluding hydrogens is 588 g/mol. The molecule has 0 radical (unpaired) electrons. The number of aliphatic hydroxyl groups excluding tert-OH is 2. The molecule has 2 rings (SSSR count). The summed E-state index contributed by atoms with van der Waals surface area (Å²) in [7, 11) is 3.73. The largest absolute Gasteiger partial charge is 0.469 e. The van der Waals surface area contributed by atoms with Crippen LogP contribution in [0.2, 0.25) is 0 Å². The highest BCUT2D eigenvalue weighted by molar-refractivity contribution is 5.82. The second-order valence-corrected chi connectivity index (χ2v) is 13.6. The molecule has 6 nitrogen and oxygen atoms in total. The van der Waals surface area contributed by atoms with Gasteiger partial charge in [0.2, 0.25) is 0 Å². The Hall–Kier alpha value is -2.70. The van der Waals surface area contributed by atoms with Crippen LogP contribution in [0.4, 0.5) is 0 Å². The second kappa shape index (κ2) is 26.3. The maximum absolute atomic E-state index is 12.0. The van der Waals surface area contributed by atoms with Gasteiger partial charge in [-0.05, 0) is 130 Å². The van der Waals surface area contributed by atoms with E-state index in [1.54, 1.807) is 5.57 Å². The fraction of sp³-hybridized carbons (Fsp3) is 0.659. The fourth-order valence-corrected chi connectivity index (χ4v) is 5.98. The van der Waals surface area contributed by atoms with Crippen molar-refractivity contribution < 1.29 is 29.3 Å². The summed E-state index contributed by atoms with van der Waals surface area (Å²) in [5.74, 6) is -0.388. The first-order valence-corrected chi connectivity index (χ1v) is 17.6. The Morgan fingerprint density at radius 3 is 1.60 bits per heavy atom. The van der Waals surface area contributed by atoms with Gasteiger partial charge in [-0.3, -0.25) is 9.59 Å². The van der Waals surface area contributed by atoms with Gasteiger partial charge in [0.05, 0.1) is 26.1 Å². The van der Waals surface area contributed by atoms with Crippen LogP contribution >= 0.6 is 0 Å². The number of ether oxygens (including phenoxy) is 2. The van der Waals surface area contributed by atoms with Gasteiger partial charge < -0.3 is 19.7 Å². The summed E-state index contributed by atoms with van der Waals surface area (Å²) < 4.78 is 9.70. The van der Waals surface area contributed by atoms with Crippen molar-refractivity contribution in [1.82, 2.24) is 0 Å². The van der Waals surface area contributed by atoms with Gasteiger partial charge >= 0.3 is 11.9 Å². The summed E-state index contributed by atoms with van der Waals surface area (Å²) in [6.07, 6.45) is 25.8. The first kappa shape index (κ1) is 44.3. The van der Waals surface area contributed by atoms with Crippen LogP contribution in [-0.2, 0) is 19.1 Å². The van der Waals surface area contributed by atoms with Gasteiger partial charge in [0.15, 0.2) is 0 Å². The molecule has 0 aromatic heterocycles. The zero-order valence-electron chi connectivity index (χ0n) is 31.5. The third kappa shape index (κ3) is 19.7. The lowest BCUT2D eigenvalue weighted by molar-refractivity contribution is -0.157. The number of carbonyl (C=O) groups excluding carboxylic acids is 2. The topological polar surface area (TPSA) is 93.1 Å². The molecule has 2 aliphatic rings. The third-order valence-electron chi connectivity index (χ3n) is 9.08. The molecule has 4 atom stereocenters. The summed E-state index contributed by atoms with van der Waals surface area (Å²) in [5, 5.41) is 16.4. The number of hydrogen-bond acceptors (Lipinski definition) is 6. The van der Waals surface area contributed by atoms with E-state index in [0.29, 0.717) is 31.3 Å². The number of carbonyl (C=O) groups is 2. The molecule has 0 saturated heterocycles. The normalized spacial score (nSPS) is 21.0. The van der Waals surface area contributed by atoms with Gasteiger partial charge in [0, 0.05) is 13.7 Å². The minimum Gasteiger partial charge on any atom is -0.469 e. The zero-order valence-corrected chi connectivity index (χ0v) is 31.5. The van der Waals surface area contributed by atoms with Crippen molar-refractivity contribution in [3.8, 4) is 0 Å². The van der Waals surface area contributed by atoms with E-state index in [0.717, 1.165) is 58.5 Å². The molecule has 0 heterocycles. The Morgan fingerprint density at radius 2 is 1.15 bits per heavy atom. The van der Waals surface area contributed by atoms with Crippen LogP contribution < -0.4 is 0 Å². The van der Waals surface area contributed by atoms with E-state index in [1.165, 1.54) is 54.9 Å². The van der Waals surface area contributed by atoms with Crippen LogP contribution in [0.15, 0.2) is 69.9 Å². The van der Waals surface area contributed by atoms with Crippen molar-refractivity contribution in [3.05, 3.63) is 69.9 Å². The molecule has 2 N–H and O–H groups in total. The van der Waals surface area contributed by atoms with Gasteiger partial charge in [-0.2, -0.15) is 0 Å². The maximum atomic E-state index is 12.0. The molecule has 268 valence electrons. The highest BCUT2D eigenvalue weighted by Crippen LogP contribution is 2.34. The number of hydrogen-bond donors (Lipinski definition) is 2. The van der Waals surface area contributed by atoms with Crippen LogP contribution in [0.5, 0.6) is 0 Å².